The summed E-state index contributed by atoms with van der Waals surface area (Å²) in [5.41, 5.74) is 2.52. The van der Waals surface area contributed by atoms with Crippen molar-refractivity contribution < 1.29 is 10.2 Å². The van der Waals surface area contributed by atoms with Gasteiger partial charge in [0.1, 0.15) is 5.82 Å². The van der Waals surface area contributed by atoms with Crippen LogP contribution in [0.15, 0.2) is 24.3 Å². The molecule has 1 aliphatic heterocycles. The van der Waals surface area contributed by atoms with E-state index < -0.39 is 5.60 Å². The highest BCUT2D eigenvalue weighted by atomic mass is 16.3. The average Bonchev–Trinajstić information content (AvgIpc) is 3.06. The lowest BCUT2D eigenvalue weighted by atomic mass is 9.69. The van der Waals surface area contributed by atoms with Gasteiger partial charge in [-0.1, -0.05) is 25.5 Å². The van der Waals surface area contributed by atoms with Crippen molar-refractivity contribution in [3.63, 3.8) is 0 Å². The highest BCUT2D eigenvalue weighted by molar-refractivity contribution is 5.82. The molecule has 0 bridgehead atoms. The molecule has 1 aromatic carbocycles. The van der Waals surface area contributed by atoms with Crippen LogP contribution in [0.1, 0.15) is 43.7 Å². The van der Waals surface area contributed by atoms with Crippen LogP contribution in [-0.2, 0) is 6.61 Å². The van der Waals surface area contributed by atoms with E-state index in [0.29, 0.717) is 11.8 Å². The minimum atomic E-state index is -0.537. The summed E-state index contributed by atoms with van der Waals surface area (Å²) >= 11 is 0. The molecule has 0 spiro atoms. The summed E-state index contributed by atoms with van der Waals surface area (Å²) in [6, 6.07) is 8.31. The Morgan fingerprint density at radius 2 is 2.12 bits per heavy atom. The van der Waals surface area contributed by atoms with Crippen LogP contribution >= 0.6 is 0 Å². The summed E-state index contributed by atoms with van der Waals surface area (Å²) in [6.45, 7) is 5.94. The van der Waals surface area contributed by atoms with Gasteiger partial charge in [-0.25, -0.2) is 4.98 Å². The van der Waals surface area contributed by atoms with Gasteiger partial charge in [0, 0.05) is 30.0 Å². The Labute approximate surface area is 149 Å². The van der Waals surface area contributed by atoms with E-state index >= 15 is 0 Å². The zero-order valence-electron chi connectivity index (χ0n) is 15.2. The molecular formula is C21H28N2O2. The molecule has 2 N–H and O–H groups in total. The number of nitrogens with zero attached hydrogens (tertiary/aromatic N) is 2. The quantitative estimate of drug-likeness (QED) is 0.899. The van der Waals surface area contributed by atoms with Crippen LogP contribution in [0, 0.1) is 18.8 Å². The maximum atomic E-state index is 11.1. The number of aliphatic hydroxyl groups is 2. The molecule has 4 heteroatoms. The molecule has 1 saturated heterocycles. The average molecular weight is 340 g/mol. The number of aromatic nitrogens is 1. The van der Waals surface area contributed by atoms with Gasteiger partial charge in [-0.2, -0.15) is 0 Å². The summed E-state index contributed by atoms with van der Waals surface area (Å²) < 4.78 is 0. The minimum Gasteiger partial charge on any atom is -0.392 e. The number of rotatable bonds is 3. The third kappa shape index (κ3) is 2.81. The molecule has 2 aromatic rings. The van der Waals surface area contributed by atoms with Crippen molar-refractivity contribution in [2.75, 3.05) is 18.0 Å². The number of anilines is 1. The van der Waals surface area contributed by atoms with Gasteiger partial charge in [-0.15, -0.1) is 0 Å². The molecule has 1 aromatic heterocycles. The van der Waals surface area contributed by atoms with E-state index in [4.69, 9.17) is 4.98 Å². The minimum absolute atomic E-state index is 0.00394. The lowest BCUT2D eigenvalue weighted by Crippen LogP contribution is -2.44. The largest absolute Gasteiger partial charge is 0.392 e. The van der Waals surface area contributed by atoms with Gasteiger partial charge in [-0.3, -0.25) is 0 Å². The first kappa shape index (κ1) is 16.8. The monoisotopic (exact) mass is 340 g/mol. The second-order valence-electron chi connectivity index (χ2n) is 7.95. The van der Waals surface area contributed by atoms with Gasteiger partial charge in [0.05, 0.1) is 17.7 Å². The molecule has 2 fully saturated rings. The predicted molar refractivity (Wildman–Crippen MR) is 101 cm³/mol. The zero-order chi connectivity index (χ0) is 17.6. The molecule has 0 unspecified atom stereocenters. The summed E-state index contributed by atoms with van der Waals surface area (Å²) in [4.78, 5) is 7.20. The van der Waals surface area contributed by atoms with Crippen molar-refractivity contribution in [2.24, 2.45) is 11.8 Å². The van der Waals surface area contributed by atoms with E-state index in [0.717, 1.165) is 54.6 Å². The maximum absolute atomic E-state index is 11.1. The fraction of sp³-hybridized carbons (Fsp3) is 0.571. The number of hydrogen-bond donors (Lipinski definition) is 2. The van der Waals surface area contributed by atoms with Crippen molar-refractivity contribution in [1.29, 1.82) is 0 Å². The van der Waals surface area contributed by atoms with Crippen LogP contribution in [0.25, 0.3) is 10.9 Å². The molecule has 4 nitrogen and oxygen atoms in total. The Hall–Kier alpha value is -1.65. The van der Waals surface area contributed by atoms with E-state index in [9.17, 15) is 10.2 Å². The molecule has 2 aliphatic rings. The number of aryl methyl sites for hydroxylation is 1. The van der Waals surface area contributed by atoms with Crippen molar-refractivity contribution in [3.8, 4) is 0 Å². The Balaban J connectivity index is 1.72. The Morgan fingerprint density at radius 3 is 2.88 bits per heavy atom. The van der Waals surface area contributed by atoms with E-state index in [1.54, 1.807) is 0 Å². The standard InChI is InChI=1S/C21H28N2O2/c1-3-21(25)8-4-5-16-11-23(12-18(16)21)20-17(13-24)10-15-7-6-14(2)9-19(15)22-20/h6-7,9-10,16,18,24-25H,3-5,8,11-13H2,1-2H3/t16-,18+,21-/m1/s1. The van der Waals surface area contributed by atoms with Gasteiger partial charge in [-0.05, 0) is 49.8 Å². The molecule has 1 aliphatic carbocycles. The van der Waals surface area contributed by atoms with Gasteiger partial charge in [0.25, 0.3) is 0 Å². The summed E-state index contributed by atoms with van der Waals surface area (Å²) in [5.74, 6) is 1.74. The number of benzene rings is 1. The Morgan fingerprint density at radius 1 is 1.28 bits per heavy atom. The smallest absolute Gasteiger partial charge is 0.134 e. The van der Waals surface area contributed by atoms with E-state index in [2.05, 4.69) is 43.0 Å². The maximum Gasteiger partial charge on any atom is 0.134 e. The van der Waals surface area contributed by atoms with E-state index in [1.165, 1.54) is 12.0 Å². The first-order chi connectivity index (χ1) is 12.0. The van der Waals surface area contributed by atoms with Crippen molar-refractivity contribution >= 4 is 16.7 Å². The first-order valence-electron chi connectivity index (χ1n) is 9.52. The van der Waals surface area contributed by atoms with Crippen molar-refractivity contribution in [2.45, 2.75) is 51.7 Å². The summed E-state index contributed by atoms with van der Waals surface area (Å²) in [6.07, 6.45) is 4.02. The van der Waals surface area contributed by atoms with Crippen molar-refractivity contribution in [3.05, 3.63) is 35.4 Å². The Bertz CT molecular complexity index is 791. The van der Waals surface area contributed by atoms with Crippen LogP contribution in [0.5, 0.6) is 0 Å². The van der Waals surface area contributed by atoms with E-state index in [1.807, 2.05) is 0 Å². The third-order valence-electron chi connectivity index (χ3n) is 6.43. The van der Waals surface area contributed by atoms with E-state index in [-0.39, 0.29) is 6.61 Å². The van der Waals surface area contributed by atoms with Crippen LogP contribution in [0.3, 0.4) is 0 Å². The summed E-state index contributed by atoms with van der Waals surface area (Å²) in [7, 11) is 0. The van der Waals surface area contributed by atoms with Crippen LogP contribution in [-0.4, -0.2) is 33.9 Å². The lowest BCUT2D eigenvalue weighted by Gasteiger charge is -2.40. The third-order valence-corrected chi connectivity index (χ3v) is 6.43. The number of hydrogen-bond acceptors (Lipinski definition) is 4. The normalized spacial score (nSPS) is 29.2. The second-order valence-corrected chi connectivity index (χ2v) is 7.95. The van der Waals surface area contributed by atoms with Gasteiger partial charge < -0.3 is 15.1 Å². The molecule has 4 rings (SSSR count). The molecule has 0 amide bonds. The van der Waals surface area contributed by atoms with Crippen LogP contribution in [0.2, 0.25) is 0 Å². The predicted octanol–water partition coefficient (Wildman–Crippen LogP) is 3.41. The van der Waals surface area contributed by atoms with Crippen molar-refractivity contribution in [1.82, 2.24) is 4.98 Å². The van der Waals surface area contributed by atoms with Gasteiger partial charge >= 0.3 is 0 Å². The molecule has 3 atom stereocenters. The second kappa shape index (κ2) is 6.26. The molecular weight excluding hydrogens is 312 g/mol. The van der Waals surface area contributed by atoms with Gasteiger partial charge in [0.2, 0.25) is 0 Å². The summed E-state index contributed by atoms with van der Waals surface area (Å²) in [5, 5.41) is 22.0. The fourth-order valence-electron chi connectivity index (χ4n) is 4.94. The Kier molecular flexibility index (Phi) is 4.20. The number of pyridine rings is 1. The molecule has 0 radical (unpaired) electrons. The first-order valence-corrected chi connectivity index (χ1v) is 9.52. The number of aliphatic hydroxyl groups excluding tert-OH is 1. The topological polar surface area (TPSA) is 56.6 Å². The highest BCUT2D eigenvalue weighted by Gasteiger charge is 2.48. The van der Waals surface area contributed by atoms with Gasteiger partial charge in [0.15, 0.2) is 0 Å². The SMILES string of the molecule is CC[C@@]1(O)CCC[C@@H]2CN(c3nc4cc(C)ccc4cc3CO)C[C@@H]21. The van der Waals surface area contributed by atoms with Crippen LogP contribution < -0.4 is 4.90 Å². The molecule has 1 saturated carbocycles. The zero-order valence-corrected chi connectivity index (χ0v) is 15.2. The number of fused-ring (bicyclic) bond motifs is 2. The lowest BCUT2D eigenvalue weighted by molar-refractivity contribution is -0.0597. The highest BCUT2D eigenvalue weighted by Crippen LogP contribution is 2.45. The molecule has 134 valence electrons. The fourth-order valence-corrected chi connectivity index (χ4v) is 4.94. The molecule has 25 heavy (non-hydrogen) atoms. The van der Waals surface area contributed by atoms with Crippen LogP contribution in [0.4, 0.5) is 5.82 Å². The molecule has 2 heterocycles.